The van der Waals surface area contributed by atoms with Crippen molar-refractivity contribution in [2.75, 3.05) is 18.2 Å². The number of hydrogen-bond acceptors (Lipinski definition) is 9. The van der Waals surface area contributed by atoms with Crippen LogP contribution >= 0.6 is 23.1 Å². The molecule has 0 aliphatic carbocycles. The Hall–Kier alpha value is -3.51. The molecule has 3 rings (SSSR count). The maximum Gasteiger partial charge on any atom is 0.336 e. The van der Waals surface area contributed by atoms with Gasteiger partial charge in [-0.15, -0.1) is 11.3 Å². The quantitative estimate of drug-likeness (QED) is 0.240. The number of carboxylic acid groups (broad SMARTS) is 1. The van der Waals surface area contributed by atoms with Gasteiger partial charge in [0.25, 0.3) is 11.6 Å². The van der Waals surface area contributed by atoms with Crippen LogP contribution in [0.15, 0.2) is 40.7 Å². The van der Waals surface area contributed by atoms with Crippen LogP contribution in [0, 0.1) is 10.1 Å². The number of hydrogen-bond donors (Lipinski definition) is 2. The highest BCUT2D eigenvalue weighted by molar-refractivity contribution is 8.01. The second-order valence-electron chi connectivity index (χ2n) is 5.77. The summed E-state index contributed by atoms with van der Waals surface area (Å²) in [6, 6.07) is 7.95. The first-order valence-electron chi connectivity index (χ1n) is 8.21. The minimum Gasteiger partial charge on any atom is -0.478 e. The van der Waals surface area contributed by atoms with Crippen molar-refractivity contribution in [3.8, 4) is 0 Å². The number of nitro benzene ring substituents is 1. The lowest BCUT2D eigenvalue weighted by Gasteiger charge is -2.08. The number of methoxy groups -OCH3 is 1. The van der Waals surface area contributed by atoms with Gasteiger partial charge in [-0.1, -0.05) is 11.8 Å². The van der Waals surface area contributed by atoms with Crippen molar-refractivity contribution in [3.05, 3.63) is 57.6 Å². The molecule has 0 radical (unpaired) electrons. The number of thiazole rings is 1. The second-order valence-corrected chi connectivity index (χ2v) is 8.03. The van der Waals surface area contributed by atoms with Crippen molar-refractivity contribution >= 4 is 62.5 Å². The lowest BCUT2D eigenvalue weighted by molar-refractivity contribution is -0.384. The molecule has 0 aliphatic heterocycles. The first kappa shape index (κ1) is 21.2. The average Bonchev–Trinajstić information content (AvgIpc) is 3.13. The second kappa shape index (κ2) is 8.88. The highest BCUT2D eigenvalue weighted by Crippen LogP contribution is 2.31. The minimum atomic E-state index is -1.45. The van der Waals surface area contributed by atoms with Gasteiger partial charge in [0, 0.05) is 17.8 Å². The first-order valence-corrected chi connectivity index (χ1v) is 10.0. The first-order chi connectivity index (χ1) is 14.3. The molecule has 0 unspecified atom stereocenters. The van der Waals surface area contributed by atoms with Gasteiger partial charge in [-0.25, -0.2) is 9.78 Å². The number of nitrogens with zero attached hydrogens (tertiary/aromatic N) is 2. The minimum absolute atomic E-state index is 0.123. The zero-order valence-electron chi connectivity index (χ0n) is 15.3. The van der Waals surface area contributed by atoms with Crippen molar-refractivity contribution in [2.24, 2.45) is 0 Å². The topological polar surface area (TPSA) is 149 Å². The lowest BCUT2D eigenvalue weighted by atomic mass is 10.1. The Balaban J connectivity index is 1.82. The molecule has 2 N–H and O–H groups in total. The molecule has 1 heterocycles. The number of thioether (sulfide) groups is 1. The van der Waals surface area contributed by atoms with E-state index >= 15 is 0 Å². The zero-order chi connectivity index (χ0) is 21.8. The van der Waals surface area contributed by atoms with Gasteiger partial charge in [0.15, 0.2) is 4.34 Å². The highest BCUT2D eigenvalue weighted by atomic mass is 32.2. The fourth-order valence-electron chi connectivity index (χ4n) is 2.44. The van der Waals surface area contributed by atoms with E-state index in [9.17, 15) is 29.6 Å². The fourth-order valence-corrected chi connectivity index (χ4v) is 4.38. The number of esters is 1. The van der Waals surface area contributed by atoms with Crippen LogP contribution in [0.4, 0.5) is 11.4 Å². The van der Waals surface area contributed by atoms with Crippen LogP contribution < -0.4 is 5.32 Å². The third kappa shape index (κ3) is 4.72. The van der Waals surface area contributed by atoms with E-state index in [1.165, 1.54) is 30.2 Å². The van der Waals surface area contributed by atoms with Crippen molar-refractivity contribution in [3.63, 3.8) is 0 Å². The standard InChI is InChI=1S/C18H13N3O7S2/c1-28-15(22)8-29-18-20-13-5-2-9(6-14(13)30-18)19-16(23)11-4-3-10(21(26)27)7-12(11)17(24)25/h2-7H,8H2,1H3,(H,19,23)(H,24,25). The Morgan fingerprint density at radius 1 is 1.23 bits per heavy atom. The van der Waals surface area contributed by atoms with Crippen LogP contribution in [-0.2, 0) is 9.53 Å². The summed E-state index contributed by atoms with van der Waals surface area (Å²) in [6.45, 7) is 0. The van der Waals surface area contributed by atoms with Crippen LogP contribution in [0.5, 0.6) is 0 Å². The molecule has 0 spiro atoms. The Bertz CT molecular complexity index is 1180. The summed E-state index contributed by atoms with van der Waals surface area (Å²) in [4.78, 5) is 49.7. The van der Waals surface area contributed by atoms with Crippen LogP contribution in [-0.4, -0.2) is 45.7 Å². The maximum atomic E-state index is 12.6. The smallest absolute Gasteiger partial charge is 0.336 e. The molecule has 0 aliphatic rings. The molecular weight excluding hydrogens is 434 g/mol. The zero-order valence-corrected chi connectivity index (χ0v) is 16.9. The Kier molecular flexibility index (Phi) is 6.28. The number of aromatic nitrogens is 1. The molecule has 0 bridgehead atoms. The summed E-state index contributed by atoms with van der Waals surface area (Å²) < 4.78 is 6.00. The number of nitrogens with one attached hydrogen (secondary N) is 1. The van der Waals surface area contributed by atoms with Crippen LogP contribution in [0.2, 0.25) is 0 Å². The highest BCUT2D eigenvalue weighted by Gasteiger charge is 2.21. The summed E-state index contributed by atoms with van der Waals surface area (Å²) in [7, 11) is 1.30. The lowest BCUT2D eigenvalue weighted by Crippen LogP contribution is -2.16. The van der Waals surface area contributed by atoms with Gasteiger partial charge in [-0.2, -0.15) is 0 Å². The number of anilines is 1. The van der Waals surface area contributed by atoms with Crippen molar-refractivity contribution < 1.29 is 29.2 Å². The van der Waals surface area contributed by atoms with Gasteiger partial charge >= 0.3 is 11.9 Å². The van der Waals surface area contributed by atoms with Gasteiger partial charge in [0.1, 0.15) is 0 Å². The summed E-state index contributed by atoms with van der Waals surface area (Å²) in [6.07, 6.45) is 0. The van der Waals surface area contributed by atoms with E-state index in [1.54, 1.807) is 18.2 Å². The van der Waals surface area contributed by atoms with Crippen molar-refractivity contribution in [2.45, 2.75) is 4.34 Å². The number of nitro groups is 1. The normalized spacial score (nSPS) is 10.6. The molecule has 0 atom stereocenters. The summed E-state index contributed by atoms with van der Waals surface area (Å²) >= 11 is 2.55. The van der Waals surface area contributed by atoms with E-state index in [1.807, 2.05) is 0 Å². The monoisotopic (exact) mass is 447 g/mol. The largest absolute Gasteiger partial charge is 0.478 e. The van der Waals surface area contributed by atoms with Gasteiger partial charge in [0.05, 0.1) is 39.1 Å². The molecule has 30 heavy (non-hydrogen) atoms. The number of carbonyl (C=O) groups is 3. The third-order valence-electron chi connectivity index (χ3n) is 3.86. The van der Waals surface area contributed by atoms with Crippen LogP contribution in [0.25, 0.3) is 10.2 Å². The summed E-state index contributed by atoms with van der Waals surface area (Å²) in [5.74, 6) is -2.41. The van der Waals surface area contributed by atoms with Gasteiger partial charge in [0.2, 0.25) is 0 Å². The molecule has 0 saturated carbocycles. The number of amides is 1. The molecule has 0 saturated heterocycles. The number of ether oxygens (including phenoxy) is 1. The molecule has 154 valence electrons. The number of aromatic carboxylic acids is 1. The number of carbonyl (C=O) groups excluding carboxylic acids is 2. The van der Waals surface area contributed by atoms with E-state index in [0.29, 0.717) is 15.5 Å². The summed E-state index contributed by atoms with van der Waals surface area (Å²) in [5, 5.41) is 22.7. The number of fused-ring (bicyclic) bond motifs is 1. The predicted molar refractivity (Wildman–Crippen MR) is 110 cm³/mol. The SMILES string of the molecule is COC(=O)CSc1nc2ccc(NC(=O)c3ccc([N+](=O)[O-])cc3C(=O)O)cc2s1. The Morgan fingerprint density at radius 3 is 2.67 bits per heavy atom. The molecule has 3 aromatic rings. The molecule has 2 aromatic carbocycles. The summed E-state index contributed by atoms with van der Waals surface area (Å²) in [5.41, 5.74) is -0.0248. The fraction of sp³-hybridized carbons (Fsp3) is 0.111. The Labute approximate surface area is 177 Å². The van der Waals surface area contributed by atoms with E-state index in [4.69, 9.17) is 0 Å². The third-order valence-corrected chi connectivity index (χ3v) is 5.99. The molecular formula is C18H13N3O7S2. The number of non-ortho nitro benzene ring substituents is 1. The molecule has 0 fully saturated rings. The van der Waals surface area contributed by atoms with Crippen LogP contribution in [0.1, 0.15) is 20.7 Å². The number of benzene rings is 2. The van der Waals surface area contributed by atoms with Gasteiger partial charge in [-0.05, 0) is 24.3 Å². The number of carboxylic acids is 1. The molecule has 12 heteroatoms. The van der Waals surface area contributed by atoms with Crippen LogP contribution in [0.3, 0.4) is 0 Å². The number of rotatable bonds is 7. The predicted octanol–water partition coefficient (Wildman–Crippen LogP) is 3.42. The molecule has 10 nitrogen and oxygen atoms in total. The van der Waals surface area contributed by atoms with E-state index in [-0.39, 0.29) is 17.3 Å². The van der Waals surface area contributed by atoms with Crippen molar-refractivity contribution in [1.29, 1.82) is 0 Å². The van der Waals surface area contributed by atoms with Gasteiger partial charge in [-0.3, -0.25) is 19.7 Å². The average molecular weight is 447 g/mol. The maximum absolute atomic E-state index is 12.6. The molecule has 1 amide bonds. The van der Waals surface area contributed by atoms with E-state index < -0.39 is 28.1 Å². The van der Waals surface area contributed by atoms with Crippen molar-refractivity contribution in [1.82, 2.24) is 4.98 Å². The Morgan fingerprint density at radius 2 is 2.00 bits per heavy atom. The molecule has 1 aromatic heterocycles. The van der Waals surface area contributed by atoms with E-state index in [2.05, 4.69) is 15.0 Å². The van der Waals surface area contributed by atoms with E-state index in [0.717, 1.165) is 22.9 Å². The van der Waals surface area contributed by atoms with Gasteiger partial charge < -0.3 is 15.2 Å².